The fourth-order valence-electron chi connectivity index (χ4n) is 4.56. The number of aryl methyl sites for hydroxylation is 2. The molecular formula is C19H19NO2. The lowest BCUT2D eigenvalue weighted by Gasteiger charge is -2.30. The average Bonchev–Trinajstić information content (AvgIpc) is 3.12. The molecule has 0 fully saturated rings. The molecule has 0 unspecified atom stereocenters. The van der Waals surface area contributed by atoms with Gasteiger partial charge in [0.15, 0.2) is 0 Å². The number of allylic oxidation sites excluding steroid dienone is 2. The molecule has 4 aliphatic carbocycles. The Bertz CT molecular complexity index is 778. The van der Waals surface area contributed by atoms with Crippen LogP contribution in [-0.4, -0.2) is 14.8 Å². The van der Waals surface area contributed by atoms with E-state index in [0.29, 0.717) is 0 Å². The molecule has 2 bridgehead atoms. The summed E-state index contributed by atoms with van der Waals surface area (Å²) >= 11 is 0. The summed E-state index contributed by atoms with van der Waals surface area (Å²) in [6, 6.07) is 6.29. The Morgan fingerprint density at radius 2 is 1.50 bits per heavy atom. The van der Waals surface area contributed by atoms with E-state index in [-0.39, 0.29) is 23.6 Å². The highest BCUT2D eigenvalue weighted by atomic mass is 16.3. The van der Waals surface area contributed by atoms with E-state index in [1.165, 1.54) is 17.5 Å². The fraction of sp³-hybridized carbons (Fsp3) is 0.368. The SMILES string of the molecule is Oc1c2c(c(O)n1-c1ccc3c(c1)CCC3)[C@H]1C=C[C@@H]2CC1. The molecule has 0 spiro atoms. The van der Waals surface area contributed by atoms with E-state index < -0.39 is 0 Å². The zero-order valence-electron chi connectivity index (χ0n) is 12.4. The number of aromatic nitrogens is 1. The van der Waals surface area contributed by atoms with E-state index in [1.54, 1.807) is 4.57 Å². The first-order valence-corrected chi connectivity index (χ1v) is 8.21. The summed E-state index contributed by atoms with van der Waals surface area (Å²) in [5.41, 5.74) is 5.52. The Morgan fingerprint density at radius 3 is 2.14 bits per heavy atom. The summed E-state index contributed by atoms with van der Waals surface area (Å²) in [5, 5.41) is 21.5. The maximum absolute atomic E-state index is 10.7. The van der Waals surface area contributed by atoms with Crippen LogP contribution in [0.2, 0.25) is 0 Å². The van der Waals surface area contributed by atoms with Crippen molar-refractivity contribution in [3.63, 3.8) is 0 Å². The number of benzene rings is 1. The van der Waals surface area contributed by atoms with Gasteiger partial charge in [-0.3, -0.25) is 4.57 Å². The van der Waals surface area contributed by atoms with Gasteiger partial charge in [-0.2, -0.15) is 0 Å². The molecule has 2 N–H and O–H groups in total. The van der Waals surface area contributed by atoms with E-state index >= 15 is 0 Å². The second-order valence-corrected chi connectivity index (χ2v) is 6.79. The number of rotatable bonds is 1. The van der Waals surface area contributed by atoms with E-state index in [0.717, 1.165) is 42.5 Å². The summed E-state index contributed by atoms with van der Waals surface area (Å²) in [4.78, 5) is 0. The second kappa shape index (κ2) is 4.19. The van der Waals surface area contributed by atoms with E-state index in [1.807, 2.05) is 6.07 Å². The number of hydrogen-bond donors (Lipinski definition) is 2. The van der Waals surface area contributed by atoms with Gasteiger partial charge in [-0.25, -0.2) is 0 Å². The van der Waals surface area contributed by atoms with Crippen molar-refractivity contribution < 1.29 is 10.2 Å². The summed E-state index contributed by atoms with van der Waals surface area (Å²) in [6.07, 6.45) is 9.94. The third-order valence-corrected chi connectivity index (χ3v) is 5.64. The van der Waals surface area contributed by atoms with E-state index in [2.05, 4.69) is 24.3 Å². The Balaban J connectivity index is 1.72. The lowest BCUT2D eigenvalue weighted by atomic mass is 9.73. The van der Waals surface area contributed by atoms with Crippen LogP contribution in [0.15, 0.2) is 30.4 Å². The van der Waals surface area contributed by atoms with Crippen molar-refractivity contribution in [1.82, 2.24) is 4.57 Å². The molecule has 1 aromatic carbocycles. The highest BCUT2D eigenvalue weighted by Crippen LogP contribution is 2.54. The van der Waals surface area contributed by atoms with Crippen molar-refractivity contribution in [3.8, 4) is 17.4 Å². The molecule has 2 aromatic rings. The molecule has 112 valence electrons. The third kappa shape index (κ3) is 1.46. The largest absolute Gasteiger partial charge is 0.494 e. The van der Waals surface area contributed by atoms with Gasteiger partial charge in [0, 0.05) is 23.0 Å². The molecular weight excluding hydrogens is 274 g/mol. The molecule has 1 heterocycles. The topological polar surface area (TPSA) is 45.4 Å². The van der Waals surface area contributed by atoms with Gasteiger partial charge in [-0.15, -0.1) is 0 Å². The Kier molecular flexibility index (Phi) is 2.36. The Hall–Kier alpha value is -2.16. The van der Waals surface area contributed by atoms with Crippen LogP contribution in [0, 0.1) is 0 Å². The quantitative estimate of drug-likeness (QED) is 0.783. The third-order valence-electron chi connectivity index (χ3n) is 5.64. The maximum Gasteiger partial charge on any atom is 0.202 e. The first kappa shape index (κ1) is 12.4. The van der Waals surface area contributed by atoms with Crippen LogP contribution >= 0.6 is 0 Å². The molecule has 22 heavy (non-hydrogen) atoms. The van der Waals surface area contributed by atoms with Gasteiger partial charge in [0.2, 0.25) is 11.8 Å². The molecule has 0 radical (unpaired) electrons. The summed E-state index contributed by atoms with van der Waals surface area (Å²) in [5.74, 6) is 0.956. The predicted molar refractivity (Wildman–Crippen MR) is 85.0 cm³/mol. The Morgan fingerprint density at radius 1 is 0.864 bits per heavy atom. The van der Waals surface area contributed by atoms with Crippen LogP contribution in [0.3, 0.4) is 0 Å². The normalized spacial score (nSPS) is 24.5. The minimum Gasteiger partial charge on any atom is -0.494 e. The standard InChI is InChI=1S/C19H19NO2/c21-18-16-12-4-5-13(7-6-12)17(16)19(22)20(18)15-9-8-11-2-1-3-14(11)10-15/h4-5,8-10,12-13,21-22H,1-3,6-7H2/t12-,13+. The number of fused-ring (bicyclic) bond motifs is 2. The minimum absolute atomic E-state index is 0.226. The van der Waals surface area contributed by atoms with Gasteiger partial charge in [0.25, 0.3) is 0 Å². The molecule has 3 nitrogen and oxygen atoms in total. The monoisotopic (exact) mass is 293 g/mol. The number of hydrogen-bond acceptors (Lipinski definition) is 2. The molecule has 4 aliphatic rings. The maximum atomic E-state index is 10.7. The van der Waals surface area contributed by atoms with Gasteiger partial charge in [-0.1, -0.05) is 18.2 Å². The lowest BCUT2D eigenvalue weighted by Crippen LogP contribution is -2.15. The van der Waals surface area contributed by atoms with Crippen molar-refractivity contribution in [3.05, 3.63) is 52.6 Å². The second-order valence-electron chi connectivity index (χ2n) is 6.79. The summed E-state index contributed by atoms with van der Waals surface area (Å²) < 4.78 is 1.64. The van der Waals surface area contributed by atoms with Crippen LogP contribution in [0.1, 0.15) is 53.4 Å². The molecule has 2 atom stereocenters. The smallest absolute Gasteiger partial charge is 0.202 e. The number of aromatic hydroxyl groups is 2. The van der Waals surface area contributed by atoms with Crippen LogP contribution < -0.4 is 0 Å². The Labute approximate surface area is 129 Å². The molecule has 1 aromatic heterocycles. The summed E-state index contributed by atoms with van der Waals surface area (Å²) in [7, 11) is 0. The lowest BCUT2D eigenvalue weighted by molar-refractivity contribution is 0.399. The van der Waals surface area contributed by atoms with Crippen LogP contribution in [0.25, 0.3) is 5.69 Å². The van der Waals surface area contributed by atoms with Crippen molar-refractivity contribution in [1.29, 1.82) is 0 Å². The van der Waals surface area contributed by atoms with Crippen LogP contribution in [0.4, 0.5) is 0 Å². The average molecular weight is 293 g/mol. The first-order valence-electron chi connectivity index (χ1n) is 8.21. The van der Waals surface area contributed by atoms with E-state index in [9.17, 15) is 10.2 Å². The molecule has 3 heteroatoms. The highest BCUT2D eigenvalue weighted by Gasteiger charge is 2.38. The first-order chi connectivity index (χ1) is 10.7. The van der Waals surface area contributed by atoms with Gasteiger partial charge in [0.05, 0.1) is 5.69 Å². The van der Waals surface area contributed by atoms with Gasteiger partial charge in [0.1, 0.15) is 0 Å². The molecule has 6 rings (SSSR count). The fourth-order valence-corrected chi connectivity index (χ4v) is 4.56. The van der Waals surface area contributed by atoms with E-state index in [4.69, 9.17) is 0 Å². The highest BCUT2D eigenvalue weighted by molar-refractivity contribution is 5.60. The van der Waals surface area contributed by atoms with Crippen LogP contribution in [0.5, 0.6) is 11.8 Å². The van der Waals surface area contributed by atoms with Crippen molar-refractivity contribution in [2.45, 2.75) is 43.9 Å². The van der Waals surface area contributed by atoms with Crippen molar-refractivity contribution >= 4 is 0 Å². The van der Waals surface area contributed by atoms with Gasteiger partial charge in [-0.05, 0) is 55.4 Å². The van der Waals surface area contributed by atoms with Gasteiger partial charge >= 0.3 is 0 Å². The molecule has 0 amide bonds. The molecule has 0 saturated heterocycles. The van der Waals surface area contributed by atoms with Crippen molar-refractivity contribution in [2.24, 2.45) is 0 Å². The van der Waals surface area contributed by atoms with Crippen molar-refractivity contribution in [2.75, 3.05) is 0 Å². The summed E-state index contributed by atoms with van der Waals surface area (Å²) in [6.45, 7) is 0. The van der Waals surface area contributed by atoms with Crippen LogP contribution in [-0.2, 0) is 12.8 Å². The predicted octanol–water partition coefficient (Wildman–Crippen LogP) is 3.91. The minimum atomic E-state index is 0.226. The number of nitrogens with zero attached hydrogens (tertiary/aromatic N) is 1. The molecule has 0 saturated carbocycles. The zero-order chi connectivity index (χ0) is 14.8. The van der Waals surface area contributed by atoms with Gasteiger partial charge < -0.3 is 10.2 Å². The molecule has 0 aliphatic heterocycles. The zero-order valence-corrected chi connectivity index (χ0v) is 12.4.